The molecule has 2 aromatic carbocycles. The first kappa shape index (κ1) is 13.7. The van der Waals surface area contributed by atoms with Crippen LogP contribution in [0.25, 0.3) is 0 Å². The van der Waals surface area contributed by atoms with Crippen molar-refractivity contribution in [2.75, 3.05) is 11.1 Å². The molecule has 0 aliphatic rings. The number of aromatic carboxylic acids is 1. The minimum absolute atomic E-state index is 0.104. The first-order valence-electron chi connectivity index (χ1n) is 5.63. The molecular weight excluding hydrogens is 355 g/mol. The van der Waals surface area contributed by atoms with Crippen molar-refractivity contribution in [2.24, 2.45) is 0 Å². The molecule has 0 aromatic heterocycles. The van der Waals surface area contributed by atoms with Crippen LogP contribution in [-0.2, 0) is 0 Å². The highest BCUT2D eigenvalue weighted by atomic mass is 127. The van der Waals surface area contributed by atoms with E-state index in [1.807, 2.05) is 25.1 Å². The summed E-state index contributed by atoms with van der Waals surface area (Å²) >= 11 is 2.26. The van der Waals surface area contributed by atoms with Crippen LogP contribution in [0.3, 0.4) is 0 Å². The van der Waals surface area contributed by atoms with Gasteiger partial charge in [0, 0.05) is 20.6 Å². The summed E-state index contributed by atoms with van der Waals surface area (Å²) in [7, 11) is 0. The van der Waals surface area contributed by atoms with Crippen molar-refractivity contribution in [3.8, 4) is 0 Å². The van der Waals surface area contributed by atoms with Crippen molar-refractivity contribution in [1.82, 2.24) is 0 Å². The van der Waals surface area contributed by atoms with Gasteiger partial charge in [0.05, 0.1) is 5.56 Å². The van der Waals surface area contributed by atoms with Gasteiger partial charge in [0.2, 0.25) is 0 Å². The number of nitrogen functional groups attached to an aromatic ring is 1. The molecular formula is C14H13IN2O2. The number of hydrogen-bond donors (Lipinski definition) is 3. The summed E-state index contributed by atoms with van der Waals surface area (Å²) < 4.78 is 1.15. The summed E-state index contributed by atoms with van der Waals surface area (Å²) in [5.74, 6) is -1.03. The van der Waals surface area contributed by atoms with Gasteiger partial charge in [-0.2, -0.15) is 0 Å². The predicted octanol–water partition coefficient (Wildman–Crippen LogP) is 3.62. The fourth-order valence-electron chi connectivity index (χ4n) is 1.66. The van der Waals surface area contributed by atoms with E-state index in [0.717, 1.165) is 9.26 Å². The zero-order valence-corrected chi connectivity index (χ0v) is 12.4. The van der Waals surface area contributed by atoms with Crippen LogP contribution in [-0.4, -0.2) is 11.1 Å². The van der Waals surface area contributed by atoms with Crippen molar-refractivity contribution in [2.45, 2.75) is 6.92 Å². The average molecular weight is 368 g/mol. The fraction of sp³-hybridized carbons (Fsp3) is 0.0714. The second kappa shape index (κ2) is 5.48. The molecule has 0 spiro atoms. The highest BCUT2D eigenvalue weighted by molar-refractivity contribution is 14.1. The molecule has 0 heterocycles. The minimum atomic E-state index is -1.03. The Labute approximate surface area is 124 Å². The molecule has 0 aliphatic carbocycles. The van der Waals surface area contributed by atoms with Crippen LogP contribution >= 0.6 is 22.6 Å². The third-order valence-corrected chi connectivity index (χ3v) is 3.91. The Morgan fingerprint density at radius 1 is 1.21 bits per heavy atom. The van der Waals surface area contributed by atoms with Crippen LogP contribution in [0.15, 0.2) is 36.4 Å². The molecule has 0 unspecified atom stereocenters. The van der Waals surface area contributed by atoms with E-state index < -0.39 is 5.97 Å². The third-order valence-electron chi connectivity index (χ3n) is 2.74. The van der Waals surface area contributed by atoms with Gasteiger partial charge in [-0.3, -0.25) is 0 Å². The van der Waals surface area contributed by atoms with Gasteiger partial charge >= 0.3 is 5.97 Å². The summed E-state index contributed by atoms with van der Waals surface area (Å²) in [4.78, 5) is 11.0. The topological polar surface area (TPSA) is 75.3 Å². The fourth-order valence-corrected chi connectivity index (χ4v) is 2.17. The lowest BCUT2D eigenvalue weighted by Crippen LogP contribution is -2.03. The standard InChI is InChI=1S/C14H13IN2O2/c1-8-2-3-10(7-12(8)15)17-9-4-5-13(16)11(6-9)14(18)19/h2-7,17H,16H2,1H3,(H,18,19). The Kier molecular flexibility index (Phi) is 3.94. The molecule has 0 atom stereocenters. The largest absolute Gasteiger partial charge is 0.478 e. The molecule has 5 heteroatoms. The molecule has 98 valence electrons. The van der Waals surface area contributed by atoms with Gasteiger partial charge in [-0.1, -0.05) is 6.07 Å². The Morgan fingerprint density at radius 3 is 2.47 bits per heavy atom. The lowest BCUT2D eigenvalue weighted by Gasteiger charge is -2.10. The summed E-state index contributed by atoms with van der Waals surface area (Å²) in [6.45, 7) is 2.04. The minimum Gasteiger partial charge on any atom is -0.478 e. The molecule has 4 nitrogen and oxygen atoms in total. The molecule has 0 radical (unpaired) electrons. The monoisotopic (exact) mass is 368 g/mol. The molecule has 0 saturated carbocycles. The highest BCUT2D eigenvalue weighted by Crippen LogP contribution is 2.24. The van der Waals surface area contributed by atoms with Gasteiger partial charge in [0.1, 0.15) is 0 Å². The molecule has 0 bridgehead atoms. The van der Waals surface area contributed by atoms with Crippen LogP contribution in [0.5, 0.6) is 0 Å². The number of nitrogens with one attached hydrogen (secondary N) is 1. The predicted molar refractivity (Wildman–Crippen MR) is 85.0 cm³/mol. The quantitative estimate of drug-likeness (QED) is 0.572. The molecule has 2 aromatic rings. The Bertz CT molecular complexity index is 641. The van der Waals surface area contributed by atoms with Crippen LogP contribution in [0, 0.1) is 10.5 Å². The molecule has 0 fully saturated rings. The number of benzene rings is 2. The average Bonchev–Trinajstić information content (AvgIpc) is 2.36. The second-order valence-electron chi connectivity index (χ2n) is 4.20. The van der Waals surface area contributed by atoms with Crippen LogP contribution in [0.1, 0.15) is 15.9 Å². The third kappa shape index (κ3) is 3.17. The van der Waals surface area contributed by atoms with Crippen LogP contribution in [0.4, 0.5) is 17.1 Å². The Balaban J connectivity index is 2.30. The van der Waals surface area contributed by atoms with Crippen molar-refractivity contribution < 1.29 is 9.90 Å². The van der Waals surface area contributed by atoms with Crippen LogP contribution < -0.4 is 11.1 Å². The first-order chi connectivity index (χ1) is 8.97. The number of anilines is 3. The molecule has 0 aliphatic heterocycles. The number of carboxylic acids is 1. The van der Waals surface area contributed by atoms with Crippen LogP contribution in [0.2, 0.25) is 0 Å². The van der Waals surface area contributed by atoms with Gasteiger partial charge in [0.15, 0.2) is 0 Å². The number of nitrogens with two attached hydrogens (primary N) is 1. The summed E-state index contributed by atoms with van der Waals surface area (Å²) in [6, 6.07) is 10.9. The smallest absolute Gasteiger partial charge is 0.337 e. The SMILES string of the molecule is Cc1ccc(Nc2ccc(N)c(C(=O)O)c2)cc1I. The van der Waals surface area contributed by atoms with Gasteiger partial charge in [-0.05, 0) is 65.4 Å². The maximum absolute atomic E-state index is 11.0. The zero-order chi connectivity index (χ0) is 14.0. The van der Waals surface area contributed by atoms with Gasteiger partial charge < -0.3 is 16.2 Å². The zero-order valence-electron chi connectivity index (χ0n) is 10.3. The molecule has 19 heavy (non-hydrogen) atoms. The molecule has 0 saturated heterocycles. The van der Waals surface area contributed by atoms with E-state index in [9.17, 15) is 4.79 Å². The number of aryl methyl sites for hydroxylation is 1. The van der Waals surface area contributed by atoms with Gasteiger partial charge in [0.25, 0.3) is 0 Å². The maximum Gasteiger partial charge on any atom is 0.337 e. The van der Waals surface area contributed by atoms with Gasteiger partial charge in [-0.25, -0.2) is 4.79 Å². The number of rotatable bonds is 3. The van der Waals surface area contributed by atoms with Crippen molar-refractivity contribution in [1.29, 1.82) is 0 Å². The summed E-state index contributed by atoms with van der Waals surface area (Å²) in [5, 5.41) is 12.2. The lowest BCUT2D eigenvalue weighted by atomic mass is 10.1. The Morgan fingerprint density at radius 2 is 1.84 bits per heavy atom. The number of hydrogen-bond acceptors (Lipinski definition) is 3. The van der Waals surface area contributed by atoms with E-state index in [1.165, 1.54) is 11.6 Å². The van der Waals surface area contributed by atoms with Crippen molar-refractivity contribution in [3.63, 3.8) is 0 Å². The summed E-state index contributed by atoms with van der Waals surface area (Å²) in [6.07, 6.45) is 0. The number of carbonyl (C=O) groups is 1. The van der Waals surface area contributed by atoms with E-state index in [0.29, 0.717) is 5.69 Å². The first-order valence-corrected chi connectivity index (χ1v) is 6.71. The lowest BCUT2D eigenvalue weighted by molar-refractivity contribution is 0.0698. The van der Waals surface area contributed by atoms with E-state index in [2.05, 4.69) is 27.9 Å². The normalized spacial score (nSPS) is 10.2. The molecule has 4 N–H and O–H groups in total. The van der Waals surface area contributed by atoms with E-state index in [-0.39, 0.29) is 11.3 Å². The Hall–Kier alpha value is -1.76. The van der Waals surface area contributed by atoms with E-state index in [4.69, 9.17) is 10.8 Å². The summed E-state index contributed by atoms with van der Waals surface area (Å²) in [5.41, 5.74) is 8.80. The van der Waals surface area contributed by atoms with E-state index in [1.54, 1.807) is 12.1 Å². The second-order valence-corrected chi connectivity index (χ2v) is 5.36. The molecule has 2 rings (SSSR count). The van der Waals surface area contributed by atoms with E-state index >= 15 is 0 Å². The van der Waals surface area contributed by atoms with Crippen molar-refractivity contribution >= 4 is 45.6 Å². The number of carboxylic acid groups (broad SMARTS) is 1. The van der Waals surface area contributed by atoms with Gasteiger partial charge in [-0.15, -0.1) is 0 Å². The molecule has 0 amide bonds. The maximum atomic E-state index is 11.0. The number of halogens is 1. The van der Waals surface area contributed by atoms with Crippen molar-refractivity contribution in [3.05, 3.63) is 51.1 Å². The highest BCUT2D eigenvalue weighted by Gasteiger charge is 2.08.